The average Bonchev–Trinajstić information content (AvgIpc) is 2.80. The minimum atomic E-state index is 0.361. The van der Waals surface area contributed by atoms with Crippen molar-refractivity contribution in [1.82, 2.24) is 14.5 Å². The molecular formula is C14H11BrClN3. The third kappa shape index (κ3) is 2.15. The summed E-state index contributed by atoms with van der Waals surface area (Å²) in [5, 5.41) is 0. The van der Waals surface area contributed by atoms with Crippen LogP contribution >= 0.6 is 27.5 Å². The molecule has 0 spiro atoms. The summed E-state index contributed by atoms with van der Waals surface area (Å²) in [4.78, 5) is 8.61. The molecule has 96 valence electrons. The molecule has 0 fully saturated rings. The van der Waals surface area contributed by atoms with E-state index in [1.165, 1.54) is 5.56 Å². The van der Waals surface area contributed by atoms with Gasteiger partial charge in [0.2, 0.25) is 0 Å². The molecule has 0 aliphatic heterocycles. The third-order valence-corrected chi connectivity index (χ3v) is 4.15. The largest absolute Gasteiger partial charge is 0.295 e. The Morgan fingerprint density at radius 1 is 1.32 bits per heavy atom. The second-order valence-corrected chi connectivity index (χ2v) is 5.42. The van der Waals surface area contributed by atoms with E-state index in [0.29, 0.717) is 5.88 Å². The Labute approximate surface area is 124 Å². The molecule has 0 bridgehead atoms. The van der Waals surface area contributed by atoms with Crippen LogP contribution in [0.5, 0.6) is 0 Å². The van der Waals surface area contributed by atoms with Crippen molar-refractivity contribution in [3.63, 3.8) is 0 Å². The Balaban J connectivity index is 2.31. The number of rotatable bonds is 2. The van der Waals surface area contributed by atoms with Crippen LogP contribution in [0.2, 0.25) is 0 Å². The number of hydrogen-bond acceptors (Lipinski definition) is 2. The maximum Gasteiger partial charge on any atom is 0.129 e. The van der Waals surface area contributed by atoms with Crippen molar-refractivity contribution in [2.24, 2.45) is 0 Å². The van der Waals surface area contributed by atoms with E-state index in [-0.39, 0.29) is 0 Å². The quantitative estimate of drug-likeness (QED) is 0.656. The van der Waals surface area contributed by atoms with Gasteiger partial charge in [-0.15, -0.1) is 11.6 Å². The molecule has 0 aliphatic rings. The Morgan fingerprint density at radius 3 is 2.89 bits per heavy atom. The molecule has 0 saturated carbocycles. The van der Waals surface area contributed by atoms with Crippen molar-refractivity contribution >= 4 is 38.6 Å². The Hall–Kier alpha value is -1.39. The highest BCUT2D eigenvalue weighted by Gasteiger charge is 2.12. The zero-order valence-corrected chi connectivity index (χ0v) is 12.6. The molecule has 0 aliphatic carbocycles. The van der Waals surface area contributed by atoms with Crippen molar-refractivity contribution in [2.45, 2.75) is 12.8 Å². The first-order valence-electron chi connectivity index (χ1n) is 5.84. The van der Waals surface area contributed by atoms with E-state index in [1.54, 1.807) is 12.4 Å². The first-order chi connectivity index (χ1) is 9.20. The highest BCUT2D eigenvalue weighted by molar-refractivity contribution is 9.10. The summed E-state index contributed by atoms with van der Waals surface area (Å²) in [6.07, 6.45) is 3.52. The van der Waals surface area contributed by atoms with Gasteiger partial charge in [0.1, 0.15) is 11.3 Å². The van der Waals surface area contributed by atoms with Gasteiger partial charge in [0, 0.05) is 16.4 Å². The summed E-state index contributed by atoms with van der Waals surface area (Å²) < 4.78 is 3.13. The highest BCUT2D eigenvalue weighted by atomic mass is 79.9. The molecule has 0 N–H and O–H groups in total. The third-order valence-electron chi connectivity index (χ3n) is 3.06. The maximum absolute atomic E-state index is 6.01. The van der Waals surface area contributed by atoms with Gasteiger partial charge in [0.25, 0.3) is 0 Å². The van der Waals surface area contributed by atoms with E-state index >= 15 is 0 Å². The van der Waals surface area contributed by atoms with E-state index in [2.05, 4.69) is 55.6 Å². The summed E-state index contributed by atoms with van der Waals surface area (Å²) in [7, 11) is 0. The molecule has 1 aromatic carbocycles. The lowest BCUT2D eigenvalue weighted by Gasteiger charge is -2.09. The summed E-state index contributed by atoms with van der Waals surface area (Å²) in [6, 6.07) is 8.17. The monoisotopic (exact) mass is 335 g/mol. The lowest BCUT2D eigenvalue weighted by Crippen LogP contribution is -1.99. The van der Waals surface area contributed by atoms with Crippen LogP contribution in [0.25, 0.3) is 16.7 Å². The molecule has 3 rings (SSSR count). The van der Waals surface area contributed by atoms with Crippen molar-refractivity contribution in [2.75, 3.05) is 0 Å². The molecule has 19 heavy (non-hydrogen) atoms. The van der Waals surface area contributed by atoms with Crippen molar-refractivity contribution < 1.29 is 0 Å². The van der Waals surface area contributed by atoms with Gasteiger partial charge in [-0.25, -0.2) is 4.98 Å². The minimum Gasteiger partial charge on any atom is -0.295 e. The molecule has 2 heterocycles. The number of aryl methyl sites for hydroxylation is 1. The first kappa shape index (κ1) is 12.6. The van der Waals surface area contributed by atoms with Crippen LogP contribution in [0.1, 0.15) is 11.4 Å². The van der Waals surface area contributed by atoms with E-state index in [0.717, 1.165) is 27.0 Å². The van der Waals surface area contributed by atoms with Crippen LogP contribution in [0.4, 0.5) is 0 Å². The average molecular weight is 337 g/mol. The van der Waals surface area contributed by atoms with Crippen LogP contribution in [-0.2, 0) is 5.88 Å². The molecule has 0 unspecified atom stereocenters. The number of pyridine rings is 1. The lowest BCUT2D eigenvalue weighted by atomic mass is 10.2. The molecule has 2 aromatic heterocycles. The second-order valence-electron chi connectivity index (χ2n) is 4.29. The van der Waals surface area contributed by atoms with Crippen molar-refractivity contribution in [3.8, 4) is 5.69 Å². The standard InChI is InChI=1S/C14H11BrClN3/c1-9-2-3-10(6-11(9)15)19-13-4-5-17-8-12(13)18-14(19)7-16/h2-6,8H,7H2,1H3. The maximum atomic E-state index is 6.01. The van der Waals surface area contributed by atoms with Crippen molar-refractivity contribution in [3.05, 3.63) is 52.5 Å². The number of hydrogen-bond donors (Lipinski definition) is 0. The lowest BCUT2D eigenvalue weighted by molar-refractivity contribution is 0.980. The van der Waals surface area contributed by atoms with Gasteiger partial charge in [-0.1, -0.05) is 22.0 Å². The number of nitrogens with zero attached hydrogens (tertiary/aromatic N) is 3. The first-order valence-corrected chi connectivity index (χ1v) is 7.17. The topological polar surface area (TPSA) is 30.7 Å². The summed E-state index contributed by atoms with van der Waals surface area (Å²) in [5.74, 6) is 1.18. The van der Waals surface area contributed by atoms with E-state index < -0.39 is 0 Å². The van der Waals surface area contributed by atoms with Crippen LogP contribution in [-0.4, -0.2) is 14.5 Å². The number of halogens is 2. The molecule has 0 amide bonds. The van der Waals surface area contributed by atoms with Crippen LogP contribution < -0.4 is 0 Å². The smallest absolute Gasteiger partial charge is 0.129 e. The second kappa shape index (κ2) is 4.94. The zero-order chi connectivity index (χ0) is 13.4. The van der Waals surface area contributed by atoms with Gasteiger partial charge < -0.3 is 0 Å². The van der Waals surface area contributed by atoms with Crippen molar-refractivity contribution in [1.29, 1.82) is 0 Å². The number of fused-ring (bicyclic) bond motifs is 1. The minimum absolute atomic E-state index is 0.361. The fourth-order valence-electron chi connectivity index (χ4n) is 2.08. The van der Waals surface area contributed by atoms with E-state index in [9.17, 15) is 0 Å². The summed E-state index contributed by atoms with van der Waals surface area (Å²) in [5.41, 5.74) is 4.11. The van der Waals surface area contributed by atoms with Gasteiger partial charge in [0.15, 0.2) is 0 Å². The molecule has 5 heteroatoms. The van der Waals surface area contributed by atoms with Gasteiger partial charge in [-0.05, 0) is 30.7 Å². The fourth-order valence-corrected chi connectivity index (χ4v) is 2.63. The molecule has 0 atom stereocenters. The summed E-state index contributed by atoms with van der Waals surface area (Å²) in [6.45, 7) is 2.06. The normalized spacial score (nSPS) is 11.1. The zero-order valence-electron chi connectivity index (χ0n) is 10.3. The van der Waals surface area contributed by atoms with Gasteiger partial charge in [-0.2, -0.15) is 0 Å². The Kier molecular flexibility index (Phi) is 3.29. The van der Waals surface area contributed by atoms with E-state index in [1.807, 2.05) is 6.07 Å². The fraction of sp³-hybridized carbons (Fsp3) is 0.143. The predicted octanol–water partition coefficient (Wildman–Crippen LogP) is 4.23. The van der Waals surface area contributed by atoms with Gasteiger partial charge in [0.05, 0.1) is 17.6 Å². The molecular weight excluding hydrogens is 326 g/mol. The SMILES string of the molecule is Cc1ccc(-n2c(CCl)nc3cnccc32)cc1Br. The number of benzene rings is 1. The molecule has 3 aromatic rings. The number of aromatic nitrogens is 3. The number of imidazole rings is 1. The van der Waals surface area contributed by atoms with Crippen LogP contribution in [0.3, 0.4) is 0 Å². The molecule has 0 saturated heterocycles. The molecule has 0 radical (unpaired) electrons. The predicted molar refractivity (Wildman–Crippen MR) is 80.9 cm³/mol. The van der Waals surface area contributed by atoms with Gasteiger partial charge in [-0.3, -0.25) is 9.55 Å². The highest BCUT2D eigenvalue weighted by Crippen LogP contribution is 2.25. The number of alkyl halides is 1. The van der Waals surface area contributed by atoms with Crippen LogP contribution in [0.15, 0.2) is 41.1 Å². The van der Waals surface area contributed by atoms with Gasteiger partial charge >= 0.3 is 0 Å². The molecule has 3 nitrogen and oxygen atoms in total. The summed E-state index contributed by atoms with van der Waals surface area (Å²) >= 11 is 9.57. The van der Waals surface area contributed by atoms with Crippen LogP contribution in [0, 0.1) is 6.92 Å². The Morgan fingerprint density at radius 2 is 2.16 bits per heavy atom. The Bertz CT molecular complexity index is 752. The van der Waals surface area contributed by atoms with E-state index in [4.69, 9.17) is 11.6 Å².